The molecule has 22 heavy (non-hydrogen) atoms. The standard InChI is InChI=1S/C16H21N5O/c1-9-5-6-17-16-19-14(20-21(9)16)15(22)18-10(2)13-8-11-3-4-12(13)7-11/h5-6,10-13H,3-4,7-8H2,1-2H3,(H,18,22)/t10-,11-,12-,13+/m1/s1. The predicted octanol–water partition coefficient (Wildman–Crippen LogP) is 1.99. The molecule has 4 atom stereocenters. The van der Waals surface area contributed by atoms with Crippen LogP contribution in [0.2, 0.25) is 0 Å². The maximum atomic E-state index is 12.4. The lowest BCUT2D eigenvalue weighted by atomic mass is 9.84. The van der Waals surface area contributed by atoms with Gasteiger partial charge in [0.15, 0.2) is 0 Å². The molecule has 2 bridgehead atoms. The molecule has 2 aromatic rings. The van der Waals surface area contributed by atoms with Crippen LogP contribution < -0.4 is 5.32 Å². The van der Waals surface area contributed by atoms with Crippen molar-refractivity contribution in [3.05, 3.63) is 23.8 Å². The number of carbonyl (C=O) groups excluding carboxylic acids is 1. The largest absolute Gasteiger partial charge is 0.347 e. The molecular formula is C16H21N5O. The number of aromatic nitrogens is 4. The number of hydrogen-bond acceptors (Lipinski definition) is 4. The molecule has 2 aliphatic rings. The molecule has 6 nitrogen and oxygen atoms in total. The Kier molecular flexibility index (Phi) is 3.13. The van der Waals surface area contributed by atoms with E-state index < -0.39 is 0 Å². The van der Waals surface area contributed by atoms with Crippen molar-refractivity contribution in [2.24, 2.45) is 17.8 Å². The second-order valence-corrected chi connectivity index (χ2v) is 6.83. The maximum absolute atomic E-state index is 12.4. The Morgan fingerprint density at radius 1 is 1.41 bits per heavy atom. The number of amides is 1. The maximum Gasteiger partial charge on any atom is 0.291 e. The van der Waals surface area contributed by atoms with E-state index in [1.54, 1.807) is 10.7 Å². The first-order chi connectivity index (χ1) is 10.6. The van der Waals surface area contributed by atoms with Crippen LogP contribution in [0.1, 0.15) is 48.9 Å². The topological polar surface area (TPSA) is 72.2 Å². The first-order valence-corrected chi connectivity index (χ1v) is 8.11. The average molecular weight is 299 g/mol. The van der Waals surface area contributed by atoms with Crippen LogP contribution in [0.15, 0.2) is 12.3 Å². The van der Waals surface area contributed by atoms with Crippen LogP contribution in [-0.2, 0) is 0 Å². The van der Waals surface area contributed by atoms with E-state index in [-0.39, 0.29) is 17.8 Å². The van der Waals surface area contributed by atoms with Crippen LogP contribution in [-0.4, -0.2) is 31.5 Å². The van der Waals surface area contributed by atoms with Crippen LogP contribution in [0.25, 0.3) is 5.78 Å². The minimum Gasteiger partial charge on any atom is -0.347 e. The molecule has 4 rings (SSSR count). The molecule has 0 aliphatic heterocycles. The zero-order valence-electron chi connectivity index (χ0n) is 13.0. The van der Waals surface area contributed by atoms with Crippen molar-refractivity contribution in [2.75, 3.05) is 0 Å². The molecule has 1 N–H and O–H groups in total. The van der Waals surface area contributed by atoms with Gasteiger partial charge in [-0.3, -0.25) is 4.79 Å². The molecule has 0 unspecified atom stereocenters. The van der Waals surface area contributed by atoms with E-state index in [1.165, 1.54) is 25.7 Å². The van der Waals surface area contributed by atoms with Crippen molar-refractivity contribution < 1.29 is 4.79 Å². The van der Waals surface area contributed by atoms with E-state index in [9.17, 15) is 4.79 Å². The Bertz CT molecular complexity index is 724. The van der Waals surface area contributed by atoms with Gasteiger partial charge in [0, 0.05) is 17.9 Å². The van der Waals surface area contributed by atoms with Crippen molar-refractivity contribution in [1.82, 2.24) is 24.9 Å². The fourth-order valence-electron chi connectivity index (χ4n) is 4.29. The summed E-state index contributed by atoms with van der Waals surface area (Å²) in [5.41, 5.74) is 0.915. The molecule has 2 aliphatic carbocycles. The van der Waals surface area contributed by atoms with E-state index in [1.807, 2.05) is 13.0 Å². The second kappa shape index (κ2) is 5.04. The molecule has 2 saturated carbocycles. The summed E-state index contributed by atoms with van der Waals surface area (Å²) in [6, 6.07) is 2.03. The van der Waals surface area contributed by atoms with Gasteiger partial charge in [-0.1, -0.05) is 6.42 Å². The van der Waals surface area contributed by atoms with E-state index >= 15 is 0 Å². The summed E-state index contributed by atoms with van der Waals surface area (Å²) in [6.45, 7) is 4.03. The number of carbonyl (C=O) groups is 1. The van der Waals surface area contributed by atoms with Gasteiger partial charge in [-0.2, -0.15) is 4.98 Å². The van der Waals surface area contributed by atoms with Crippen molar-refractivity contribution in [1.29, 1.82) is 0 Å². The number of nitrogens with one attached hydrogen (secondary N) is 1. The molecule has 0 spiro atoms. The summed E-state index contributed by atoms with van der Waals surface area (Å²) in [5.74, 6) is 2.77. The van der Waals surface area contributed by atoms with E-state index in [4.69, 9.17) is 0 Å². The van der Waals surface area contributed by atoms with Gasteiger partial charge in [0.1, 0.15) is 0 Å². The van der Waals surface area contributed by atoms with Crippen LogP contribution in [0.5, 0.6) is 0 Å². The van der Waals surface area contributed by atoms with Crippen LogP contribution in [0.4, 0.5) is 0 Å². The van der Waals surface area contributed by atoms with Gasteiger partial charge in [-0.25, -0.2) is 9.50 Å². The summed E-state index contributed by atoms with van der Waals surface area (Å²) in [6.07, 6.45) is 6.98. The quantitative estimate of drug-likeness (QED) is 0.940. The third kappa shape index (κ3) is 2.17. The van der Waals surface area contributed by atoms with Gasteiger partial charge in [0.25, 0.3) is 11.7 Å². The first kappa shape index (κ1) is 13.7. The molecule has 2 heterocycles. The van der Waals surface area contributed by atoms with E-state index in [0.29, 0.717) is 11.7 Å². The Morgan fingerprint density at radius 3 is 2.95 bits per heavy atom. The Morgan fingerprint density at radius 2 is 2.27 bits per heavy atom. The molecule has 0 aromatic carbocycles. The molecular weight excluding hydrogens is 278 g/mol. The second-order valence-electron chi connectivity index (χ2n) is 6.83. The summed E-state index contributed by atoms with van der Waals surface area (Å²) in [7, 11) is 0. The molecule has 2 fully saturated rings. The van der Waals surface area contributed by atoms with Gasteiger partial charge in [0.2, 0.25) is 5.82 Å². The van der Waals surface area contributed by atoms with E-state index in [0.717, 1.165) is 17.5 Å². The third-order valence-corrected chi connectivity index (χ3v) is 5.43. The lowest BCUT2D eigenvalue weighted by molar-refractivity contribution is 0.0905. The van der Waals surface area contributed by atoms with Crippen molar-refractivity contribution in [2.45, 2.75) is 45.6 Å². The zero-order valence-corrected chi connectivity index (χ0v) is 13.0. The van der Waals surface area contributed by atoms with Gasteiger partial charge >= 0.3 is 0 Å². The predicted molar refractivity (Wildman–Crippen MR) is 81.4 cm³/mol. The number of aryl methyl sites for hydroxylation is 1. The summed E-state index contributed by atoms with van der Waals surface area (Å²) in [5, 5.41) is 7.37. The first-order valence-electron chi connectivity index (χ1n) is 8.11. The highest BCUT2D eigenvalue weighted by molar-refractivity contribution is 5.91. The average Bonchev–Trinajstić information content (AvgIpc) is 3.22. The summed E-state index contributed by atoms with van der Waals surface area (Å²) in [4.78, 5) is 20.8. The fourth-order valence-corrected chi connectivity index (χ4v) is 4.29. The lowest BCUT2D eigenvalue weighted by Gasteiger charge is -2.28. The number of fused-ring (bicyclic) bond motifs is 3. The number of hydrogen-bond donors (Lipinski definition) is 1. The number of nitrogens with zero attached hydrogens (tertiary/aromatic N) is 4. The fraction of sp³-hybridized carbons (Fsp3) is 0.625. The summed E-state index contributed by atoms with van der Waals surface area (Å²) >= 11 is 0. The molecule has 116 valence electrons. The molecule has 6 heteroatoms. The van der Waals surface area contributed by atoms with Gasteiger partial charge < -0.3 is 5.32 Å². The molecule has 0 radical (unpaired) electrons. The van der Waals surface area contributed by atoms with Crippen molar-refractivity contribution >= 4 is 11.7 Å². The monoisotopic (exact) mass is 299 g/mol. The van der Waals surface area contributed by atoms with Gasteiger partial charge in [-0.15, -0.1) is 5.10 Å². The van der Waals surface area contributed by atoms with Crippen molar-refractivity contribution in [3.8, 4) is 0 Å². The minimum absolute atomic E-state index is 0.184. The normalized spacial score (nSPS) is 28.2. The zero-order chi connectivity index (χ0) is 15.3. The van der Waals surface area contributed by atoms with Crippen LogP contribution in [0.3, 0.4) is 0 Å². The minimum atomic E-state index is -0.194. The lowest BCUT2D eigenvalue weighted by Crippen LogP contribution is -2.40. The molecule has 2 aromatic heterocycles. The highest BCUT2D eigenvalue weighted by atomic mass is 16.2. The molecule has 0 saturated heterocycles. The Labute approximate surface area is 129 Å². The van der Waals surface area contributed by atoms with Gasteiger partial charge in [-0.05, 0) is 56.9 Å². The van der Waals surface area contributed by atoms with Crippen LogP contribution >= 0.6 is 0 Å². The number of rotatable bonds is 3. The van der Waals surface area contributed by atoms with Crippen molar-refractivity contribution in [3.63, 3.8) is 0 Å². The highest BCUT2D eigenvalue weighted by Crippen LogP contribution is 2.49. The van der Waals surface area contributed by atoms with Crippen LogP contribution in [0, 0.1) is 24.7 Å². The summed E-state index contributed by atoms with van der Waals surface area (Å²) < 4.78 is 1.61. The Balaban J connectivity index is 1.50. The van der Waals surface area contributed by atoms with E-state index in [2.05, 4.69) is 27.3 Å². The third-order valence-electron chi connectivity index (χ3n) is 5.43. The smallest absolute Gasteiger partial charge is 0.291 e. The SMILES string of the molecule is Cc1ccnc2nc(C(=O)N[C@H](C)[C@@H]3C[C@@H]4CC[C@@H]3C4)nn12. The highest BCUT2D eigenvalue weighted by Gasteiger charge is 2.42. The Hall–Kier alpha value is -1.98. The van der Waals surface area contributed by atoms with Gasteiger partial charge in [0.05, 0.1) is 0 Å². The molecule has 1 amide bonds.